The predicted octanol–water partition coefficient (Wildman–Crippen LogP) is 4.70. The zero-order valence-electron chi connectivity index (χ0n) is 14.6. The van der Waals surface area contributed by atoms with Crippen molar-refractivity contribution in [2.24, 2.45) is 0 Å². The molecule has 3 rings (SSSR count). The molecule has 1 aliphatic rings. The van der Waals surface area contributed by atoms with Crippen molar-refractivity contribution < 1.29 is 0 Å². The lowest BCUT2D eigenvalue weighted by Gasteiger charge is -2.35. The quantitative estimate of drug-likeness (QED) is 0.667. The van der Waals surface area contributed by atoms with Crippen LogP contribution in [0.3, 0.4) is 0 Å². The molecule has 0 saturated carbocycles. The van der Waals surface area contributed by atoms with Gasteiger partial charge in [0.15, 0.2) is 0 Å². The Morgan fingerprint density at radius 3 is 1.95 bits per heavy atom. The molecule has 22 heavy (non-hydrogen) atoms. The molecule has 2 heteroatoms. The average Bonchev–Trinajstić information content (AvgIpc) is 2.57. The van der Waals surface area contributed by atoms with Gasteiger partial charge in [0.05, 0.1) is 16.1 Å². The van der Waals surface area contributed by atoms with Crippen LogP contribution in [-0.2, 0) is 0 Å². The van der Waals surface area contributed by atoms with Crippen molar-refractivity contribution in [3.05, 3.63) is 60.2 Å². The van der Waals surface area contributed by atoms with Gasteiger partial charge in [-0.15, -0.1) is 0 Å². The van der Waals surface area contributed by atoms with Gasteiger partial charge < -0.3 is 0 Å². The highest BCUT2D eigenvalue weighted by molar-refractivity contribution is 7.01. The summed E-state index contributed by atoms with van der Waals surface area (Å²) in [7, 11) is -2.87. The molecule has 0 N–H and O–H groups in total. The maximum Gasteiger partial charge on any atom is 0.0838 e. The van der Waals surface area contributed by atoms with E-state index in [0.29, 0.717) is 0 Å². The summed E-state index contributed by atoms with van der Waals surface area (Å²) in [5.74, 6) is 0.719. The van der Waals surface area contributed by atoms with Gasteiger partial charge in [-0.25, -0.2) is 0 Å². The normalized spacial score (nSPS) is 26.0. The van der Waals surface area contributed by atoms with E-state index >= 15 is 0 Å². The molecule has 0 radical (unpaired) electrons. The molecule has 1 aliphatic heterocycles. The molecule has 0 fully saturated rings. The molecule has 0 amide bonds. The predicted molar refractivity (Wildman–Crippen MR) is 104 cm³/mol. The second kappa shape index (κ2) is 5.50. The second-order valence-electron chi connectivity index (χ2n) is 8.16. The first-order chi connectivity index (χ1) is 10.3. The fraction of sp³-hybridized carbons (Fsp3) is 0.400. The second-order valence-corrected chi connectivity index (χ2v) is 17.8. The van der Waals surface area contributed by atoms with Crippen LogP contribution in [-0.4, -0.2) is 16.1 Å². The van der Waals surface area contributed by atoms with Gasteiger partial charge in [-0.2, -0.15) is 0 Å². The lowest BCUT2D eigenvalue weighted by atomic mass is 9.98. The number of rotatable bonds is 1. The van der Waals surface area contributed by atoms with Crippen LogP contribution in [0.2, 0.25) is 37.8 Å². The van der Waals surface area contributed by atoms with Crippen molar-refractivity contribution in [1.29, 1.82) is 0 Å². The van der Waals surface area contributed by atoms with E-state index in [4.69, 9.17) is 0 Å². The van der Waals surface area contributed by atoms with Crippen molar-refractivity contribution in [2.45, 2.75) is 50.6 Å². The lowest BCUT2D eigenvalue weighted by Crippen LogP contribution is -2.57. The van der Waals surface area contributed by atoms with E-state index in [9.17, 15) is 0 Å². The van der Waals surface area contributed by atoms with Gasteiger partial charge in [0.25, 0.3) is 0 Å². The Kier molecular flexibility index (Phi) is 3.94. The van der Waals surface area contributed by atoms with E-state index in [1.165, 1.54) is 6.04 Å². The van der Waals surface area contributed by atoms with Crippen molar-refractivity contribution in [1.82, 2.24) is 0 Å². The third-order valence-corrected chi connectivity index (χ3v) is 14.2. The smallest absolute Gasteiger partial charge is 0.0654 e. The van der Waals surface area contributed by atoms with E-state index in [-0.39, 0.29) is 0 Å². The van der Waals surface area contributed by atoms with E-state index in [1.807, 2.05) is 0 Å². The summed E-state index contributed by atoms with van der Waals surface area (Å²) in [5.41, 5.74) is 2.34. The largest absolute Gasteiger partial charge is 0.0838 e. The molecule has 0 spiro atoms. The Hall–Kier alpha value is -1.13. The van der Waals surface area contributed by atoms with Crippen molar-refractivity contribution in [3.8, 4) is 0 Å². The minimum Gasteiger partial charge on any atom is -0.0654 e. The summed E-state index contributed by atoms with van der Waals surface area (Å²) in [6.45, 7) is 12.8. The maximum absolute atomic E-state index is 2.59. The van der Waals surface area contributed by atoms with Gasteiger partial charge in [-0.1, -0.05) is 98.1 Å². The summed E-state index contributed by atoms with van der Waals surface area (Å²) >= 11 is 0. The molecule has 0 nitrogen and oxygen atoms in total. The van der Waals surface area contributed by atoms with Crippen LogP contribution in [0, 0.1) is 0 Å². The molecular formula is C20H28Si2. The molecule has 0 aliphatic carbocycles. The van der Waals surface area contributed by atoms with Gasteiger partial charge in [-0.05, 0) is 23.1 Å². The van der Waals surface area contributed by atoms with Crippen molar-refractivity contribution in [2.75, 3.05) is 0 Å². The first-order valence-electron chi connectivity index (χ1n) is 8.49. The molecule has 2 atom stereocenters. The van der Waals surface area contributed by atoms with Crippen LogP contribution >= 0.6 is 0 Å². The first kappa shape index (κ1) is 15.8. The van der Waals surface area contributed by atoms with Crippen LogP contribution in [0.5, 0.6) is 0 Å². The van der Waals surface area contributed by atoms with E-state index in [2.05, 4.69) is 87.7 Å². The topological polar surface area (TPSA) is 0 Å². The van der Waals surface area contributed by atoms with Crippen molar-refractivity contribution in [3.63, 3.8) is 0 Å². The Bertz CT molecular complexity index is 658. The Balaban J connectivity index is 2.17. The lowest BCUT2D eigenvalue weighted by molar-refractivity contribution is 0.703. The van der Waals surface area contributed by atoms with Gasteiger partial charge in [0.1, 0.15) is 0 Å². The van der Waals surface area contributed by atoms with Gasteiger partial charge >= 0.3 is 0 Å². The van der Waals surface area contributed by atoms with E-state index < -0.39 is 16.1 Å². The number of benzene rings is 2. The molecule has 2 aromatic carbocycles. The summed E-state index contributed by atoms with van der Waals surface area (Å²) in [4.78, 5) is 0. The van der Waals surface area contributed by atoms with Crippen LogP contribution in [0.25, 0.3) is 0 Å². The minimum absolute atomic E-state index is 0.719. The Morgan fingerprint density at radius 2 is 1.32 bits per heavy atom. The van der Waals surface area contributed by atoms with Crippen molar-refractivity contribution >= 4 is 26.5 Å². The molecule has 0 aromatic heterocycles. The third kappa shape index (κ3) is 2.52. The number of fused-ring (bicyclic) bond motifs is 1. The molecular weight excluding hydrogens is 296 g/mol. The molecule has 0 saturated heterocycles. The van der Waals surface area contributed by atoms with Crippen LogP contribution in [0.15, 0.2) is 54.6 Å². The Labute approximate surface area is 137 Å². The zero-order valence-corrected chi connectivity index (χ0v) is 16.6. The summed E-state index contributed by atoms with van der Waals surface area (Å²) in [5, 5.41) is 3.47. The van der Waals surface area contributed by atoms with E-state index in [0.717, 1.165) is 11.5 Å². The van der Waals surface area contributed by atoms with Crippen LogP contribution in [0.4, 0.5) is 0 Å². The number of hydrogen-bond donors (Lipinski definition) is 0. The van der Waals surface area contributed by atoms with E-state index in [1.54, 1.807) is 15.9 Å². The first-order valence-corrected chi connectivity index (χ1v) is 14.8. The zero-order chi connectivity index (χ0) is 16.0. The maximum atomic E-state index is 2.59. The SMILES string of the molecule is C[C@@H]1[C@@H](c2ccccc2)C[Si](C)(C)c2ccccc2[Si]1(C)C. The van der Waals surface area contributed by atoms with Crippen LogP contribution < -0.4 is 10.4 Å². The average molecular weight is 325 g/mol. The summed E-state index contributed by atoms with van der Waals surface area (Å²) in [6, 6.07) is 22.1. The highest BCUT2D eigenvalue weighted by atomic mass is 28.3. The van der Waals surface area contributed by atoms with Gasteiger partial charge in [0, 0.05) is 0 Å². The molecule has 116 valence electrons. The number of hydrogen-bond acceptors (Lipinski definition) is 0. The molecule has 1 heterocycles. The fourth-order valence-electron chi connectivity index (χ4n) is 4.33. The monoisotopic (exact) mass is 324 g/mol. The van der Waals surface area contributed by atoms with Gasteiger partial charge in [0.2, 0.25) is 0 Å². The van der Waals surface area contributed by atoms with Crippen LogP contribution in [0.1, 0.15) is 18.4 Å². The third-order valence-electron chi connectivity index (χ3n) is 6.05. The molecule has 0 unspecified atom stereocenters. The molecule has 0 bridgehead atoms. The fourth-order valence-corrected chi connectivity index (χ4v) is 12.9. The van der Waals surface area contributed by atoms with Gasteiger partial charge in [-0.3, -0.25) is 0 Å². The Morgan fingerprint density at radius 1 is 0.773 bits per heavy atom. The minimum atomic E-state index is -1.46. The standard InChI is InChI=1S/C20H28Si2/c1-16-18(17-11-7-6-8-12-17)15-21(2,3)19-13-9-10-14-20(19)22(16,4)5/h6-14,16,18H,15H2,1-5H3/t16-,18+/m1/s1. The molecule has 2 aromatic rings. The highest BCUT2D eigenvalue weighted by Gasteiger charge is 2.45. The highest BCUT2D eigenvalue weighted by Crippen LogP contribution is 2.43. The summed E-state index contributed by atoms with van der Waals surface area (Å²) < 4.78 is 0. The summed E-state index contributed by atoms with van der Waals surface area (Å²) in [6.07, 6.45) is 0.